The van der Waals surface area contributed by atoms with Crippen LogP contribution in [0.25, 0.3) is 0 Å². The lowest BCUT2D eigenvalue weighted by molar-refractivity contribution is -0.143. The largest absolute Gasteiger partial charge is 0.508 e. The number of ether oxygens (including phenoxy) is 1. The fourth-order valence-corrected chi connectivity index (χ4v) is 1.28. The molecule has 5 nitrogen and oxygen atoms in total. The van der Waals surface area contributed by atoms with Crippen molar-refractivity contribution in [3.63, 3.8) is 0 Å². The van der Waals surface area contributed by atoms with Crippen molar-refractivity contribution in [2.45, 2.75) is 13.3 Å². The highest BCUT2D eigenvalue weighted by atomic mass is 16.5. The zero-order valence-electron chi connectivity index (χ0n) is 9.60. The summed E-state index contributed by atoms with van der Waals surface area (Å²) in [6.45, 7) is 1.83. The number of esters is 1. The summed E-state index contributed by atoms with van der Waals surface area (Å²) in [7, 11) is 0. The van der Waals surface area contributed by atoms with E-state index in [1.54, 1.807) is 25.1 Å². The van der Waals surface area contributed by atoms with Crippen molar-refractivity contribution in [1.29, 1.82) is 0 Å². The van der Waals surface area contributed by atoms with Crippen molar-refractivity contribution in [3.8, 4) is 5.75 Å². The van der Waals surface area contributed by atoms with Crippen molar-refractivity contribution in [1.82, 2.24) is 5.32 Å². The SMILES string of the molecule is CCOC(=O)CNC(=O)Cc1ccccc1O. The molecule has 0 aromatic heterocycles. The van der Waals surface area contributed by atoms with Gasteiger partial charge in [0.1, 0.15) is 12.3 Å². The average molecular weight is 237 g/mol. The Bertz CT molecular complexity index is 403. The molecule has 92 valence electrons. The van der Waals surface area contributed by atoms with Gasteiger partial charge in [-0.15, -0.1) is 0 Å². The first kappa shape index (κ1) is 13.0. The predicted octanol–water partition coefficient (Wildman–Crippen LogP) is 0.614. The number of phenols is 1. The minimum absolute atomic E-state index is 0.0338. The molecule has 1 amide bonds. The standard InChI is InChI=1S/C12H15NO4/c1-2-17-12(16)8-13-11(15)7-9-5-3-4-6-10(9)14/h3-6,14H,2,7-8H2,1H3,(H,13,15). The normalized spacial score (nSPS) is 9.71. The molecule has 0 aliphatic carbocycles. The Balaban J connectivity index is 2.40. The van der Waals surface area contributed by atoms with Crippen LogP contribution in [0.3, 0.4) is 0 Å². The van der Waals surface area contributed by atoms with Gasteiger partial charge in [0.15, 0.2) is 0 Å². The molecular formula is C12H15NO4. The molecule has 0 radical (unpaired) electrons. The third-order valence-corrected chi connectivity index (χ3v) is 2.08. The van der Waals surface area contributed by atoms with Crippen LogP contribution in [-0.4, -0.2) is 30.1 Å². The predicted molar refractivity (Wildman–Crippen MR) is 61.5 cm³/mol. The molecule has 0 aliphatic heterocycles. The summed E-state index contributed by atoms with van der Waals surface area (Å²) in [5.41, 5.74) is 0.522. The van der Waals surface area contributed by atoms with Gasteiger partial charge in [-0.3, -0.25) is 9.59 Å². The topological polar surface area (TPSA) is 75.6 Å². The third kappa shape index (κ3) is 4.55. The van der Waals surface area contributed by atoms with Crippen LogP contribution in [0.1, 0.15) is 12.5 Å². The van der Waals surface area contributed by atoms with Crippen LogP contribution >= 0.6 is 0 Å². The van der Waals surface area contributed by atoms with Crippen molar-refractivity contribution < 1.29 is 19.4 Å². The third-order valence-electron chi connectivity index (χ3n) is 2.08. The Labute approximate surface area is 99.4 Å². The molecule has 0 bridgehead atoms. The van der Waals surface area contributed by atoms with E-state index in [0.717, 1.165) is 0 Å². The number of hydrogen-bond acceptors (Lipinski definition) is 4. The van der Waals surface area contributed by atoms with Crippen LogP contribution in [0.2, 0.25) is 0 Å². The number of phenolic OH excluding ortho intramolecular Hbond substituents is 1. The summed E-state index contributed by atoms with van der Waals surface area (Å²) in [6.07, 6.45) is 0.0338. The lowest BCUT2D eigenvalue weighted by Crippen LogP contribution is -2.31. The number of carbonyl (C=O) groups excluding carboxylic acids is 2. The van der Waals surface area contributed by atoms with E-state index >= 15 is 0 Å². The van der Waals surface area contributed by atoms with Gasteiger partial charge in [0.05, 0.1) is 13.0 Å². The summed E-state index contributed by atoms with van der Waals surface area (Å²) in [5.74, 6) is -0.739. The molecule has 1 aromatic carbocycles. The highest BCUT2D eigenvalue weighted by molar-refractivity contribution is 5.83. The van der Waals surface area contributed by atoms with Crippen LogP contribution in [0.5, 0.6) is 5.75 Å². The van der Waals surface area contributed by atoms with Crippen molar-refractivity contribution in [2.75, 3.05) is 13.2 Å². The molecule has 0 unspecified atom stereocenters. The summed E-state index contributed by atoms with van der Waals surface area (Å²) < 4.78 is 4.66. The van der Waals surface area contributed by atoms with Crippen LogP contribution in [0, 0.1) is 0 Å². The highest BCUT2D eigenvalue weighted by Crippen LogP contribution is 2.15. The van der Waals surface area contributed by atoms with Gasteiger partial charge in [-0.05, 0) is 13.0 Å². The maximum Gasteiger partial charge on any atom is 0.325 e. The van der Waals surface area contributed by atoms with Crippen LogP contribution in [0.4, 0.5) is 0 Å². The Morgan fingerprint density at radius 2 is 2.06 bits per heavy atom. The molecule has 1 aromatic rings. The van der Waals surface area contributed by atoms with Crippen LogP contribution in [-0.2, 0) is 20.7 Å². The Morgan fingerprint density at radius 1 is 1.35 bits per heavy atom. The molecule has 0 fully saturated rings. The Kier molecular flexibility index (Phi) is 5.00. The first-order chi connectivity index (χ1) is 8.13. The van der Waals surface area contributed by atoms with Crippen molar-refractivity contribution in [3.05, 3.63) is 29.8 Å². The number of para-hydroxylation sites is 1. The quantitative estimate of drug-likeness (QED) is 0.736. The average Bonchev–Trinajstić information content (AvgIpc) is 2.30. The summed E-state index contributed by atoms with van der Waals surface area (Å²) in [5, 5.41) is 11.9. The molecular weight excluding hydrogens is 222 g/mol. The molecule has 0 saturated heterocycles. The number of benzene rings is 1. The van der Waals surface area contributed by atoms with Crippen LogP contribution < -0.4 is 5.32 Å². The van der Waals surface area contributed by atoms with Gasteiger partial charge in [0, 0.05) is 5.56 Å². The molecule has 0 aliphatic rings. The molecule has 0 saturated carbocycles. The molecule has 1 rings (SSSR count). The number of hydrogen-bond donors (Lipinski definition) is 2. The van der Waals surface area contributed by atoms with Gasteiger partial charge in [-0.2, -0.15) is 0 Å². The second-order valence-corrected chi connectivity index (χ2v) is 3.39. The Morgan fingerprint density at radius 3 is 2.71 bits per heavy atom. The number of amides is 1. The molecule has 17 heavy (non-hydrogen) atoms. The highest BCUT2D eigenvalue weighted by Gasteiger charge is 2.08. The molecule has 5 heteroatoms. The van der Waals surface area contributed by atoms with Gasteiger partial charge in [0.2, 0.25) is 5.91 Å². The van der Waals surface area contributed by atoms with Gasteiger partial charge < -0.3 is 15.2 Å². The maximum absolute atomic E-state index is 11.4. The van der Waals surface area contributed by atoms with E-state index in [-0.39, 0.29) is 31.2 Å². The van der Waals surface area contributed by atoms with Crippen molar-refractivity contribution >= 4 is 11.9 Å². The molecule has 0 atom stereocenters. The number of rotatable bonds is 5. The fourth-order valence-electron chi connectivity index (χ4n) is 1.28. The molecule has 0 heterocycles. The van der Waals surface area contributed by atoms with Gasteiger partial charge in [-0.25, -0.2) is 0 Å². The summed E-state index contributed by atoms with van der Waals surface area (Å²) in [4.78, 5) is 22.4. The lowest BCUT2D eigenvalue weighted by atomic mass is 10.1. The number of carbonyl (C=O) groups is 2. The molecule has 0 spiro atoms. The first-order valence-electron chi connectivity index (χ1n) is 5.32. The van der Waals surface area contributed by atoms with E-state index in [9.17, 15) is 14.7 Å². The van der Waals surface area contributed by atoms with Gasteiger partial charge >= 0.3 is 5.97 Å². The minimum Gasteiger partial charge on any atom is -0.508 e. The monoisotopic (exact) mass is 237 g/mol. The zero-order valence-corrected chi connectivity index (χ0v) is 9.60. The zero-order chi connectivity index (χ0) is 12.7. The van der Waals surface area contributed by atoms with E-state index in [4.69, 9.17) is 0 Å². The maximum atomic E-state index is 11.4. The summed E-state index contributed by atoms with van der Waals surface area (Å²) in [6, 6.07) is 6.57. The second-order valence-electron chi connectivity index (χ2n) is 3.39. The van der Waals surface area contributed by atoms with Crippen molar-refractivity contribution in [2.24, 2.45) is 0 Å². The van der Waals surface area contributed by atoms with Gasteiger partial charge in [0.25, 0.3) is 0 Å². The fraction of sp³-hybridized carbons (Fsp3) is 0.333. The van der Waals surface area contributed by atoms with Crippen LogP contribution in [0.15, 0.2) is 24.3 Å². The van der Waals surface area contributed by atoms with E-state index in [2.05, 4.69) is 10.1 Å². The smallest absolute Gasteiger partial charge is 0.325 e. The summed E-state index contributed by atoms with van der Waals surface area (Å²) >= 11 is 0. The number of aromatic hydroxyl groups is 1. The van der Waals surface area contributed by atoms with Gasteiger partial charge in [-0.1, -0.05) is 18.2 Å². The first-order valence-corrected chi connectivity index (χ1v) is 5.32. The minimum atomic E-state index is -0.474. The lowest BCUT2D eigenvalue weighted by Gasteiger charge is -2.06. The molecule has 2 N–H and O–H groups in total. The van der Waals surface area contributed by atoms with E-state index in [1.165, 1.54) is 6.07 Å². The van der Waals surface area contributed by atoms with E-state index in [0.29, 0.717) is 5.56 Å². The second kappa shape index (κ2) is 6.52. The number of nitrogens with one attached hydrogen (secondary N) is 1. The van der Waals surface area contributed by atoms with E-state index in [1.807, 2.05) is 0 Å². The van der Waals surface area contributed by atoms with E-state index < -0.39 is 5.97 Å². The Hall–Kier alpha value is -2.04.